The number of rotatable bonds is 2. The number of urea groups is 1. The maximum Gasteiger partial charge on any atom is 0.321 e. The van der Waals surface area contributed by atoms with Crippen LogP contribution in [-0.2, 0) is 9.84 Å². The molecule has 0 spiro atoms. The number of halogens is 1. The van der Waals surface area contributed by atoms with Gasteiger partial charge in [-0.1, -0.05) is 0 Å². The van der Waals surface area contributed by atoms with E-state index in [1.165, 1.54) is 6.33 Å². The van der Waals surface area contributed by atoms with E-state index in [-0.39, 0.29) is 28.6 Å². The predicted octanol–water partition coefficient (Wildman–Crippen LogP) is -0.828. The van der Waals surface area contributed by atoms with Crippen molar-refractivity contribution >= 4 is 44.6 Å². The number of hydrogen-bond donors (Lipinski definition) is 4. The third-order valence-electron chi connectivity index (χ3n) is 3.13. The summed E-state index contributed by atoms with van der Waals surface area (Å²) in [7, 11) is -3.25. The average molecular weight is 347 g/mol. The van der Waals surface area contributed by atoms with Crippen LogP contribution in [0.2, 0.25) is 0 Å². The molecule has 0 aromatic carbocycles. The largest absolute Gasteiger partial charge is 0.339 e. The van der Waals surface area contributed by atoms with Gasteiger partial charge in [-0.15, -0.1) is 11.6 Å². The predicted molar refractivity (Wildman–Crippen MR) is 78.7 cm³/mol. The molecule has 10 nitrogen and oxygen atoms in total. The van der Waals surface area contributed by atoms with Gasteiger partial charge in [0.15, 0.2) is 21.0 Å². The Labute approximate surface area is 128 Å². The second-order valence-electron chi connectivity index (χ2n) is 4.81. The first-order valence-electron chi connectivity index (χ1n) is 6.19. The number of carbonyl (C=O) groups excluding carboxylic acids is 1. The summed E-state index contributed by atoms with van der Waals surface area (Å²) in [6, 6.07) is -1.42. The van der Waals surface area contributed by atoms with Crippen molar-refractivity contribution in [2.45, 2.75) is 11.4 Å². The fourth-order valence-electron chi connectivity index (χ4n) is 2.15. The van der Waals surface area contributed by atoms with E-state index in [0.717, 1.165) is 0 Å². The number of aromatic amines is 2. The molecular weight excluding hydrogens is 336 g/mol. The van der Waals surface area contributed by atoms with Gasteiger partial charge in [-0.25, -0.2) is 18.2 Å². The molecule has 2 atom stereocenters. The molecular formula is C10H11ClN6O4S. The molecule has 22 heavy (non-hydrogen) atoms. The summed E-state index contributed by atoms with van der Waals surface area (Å²) in [5.41, 5.74) is -0.150. The number of nitrogens with one attached hydrogen (secondary N) is 4. The Balaban J connectivity index is 1.72. The first kappa shape index (κ1) is 14.8. The molecule has 2 aromatic rings. The van der Waals surface area contributed by atoms with Gasteiger partial charge in [-0.3, -0.25) is 15.1 Å². The topological polar surface area (TPSA) is 150 Å². The number of sulfone groups is 1. The van der Waals surface area contributed by atoms with Gasteiger partial charge in [-0.2, -0.15) is 4.98 Å². The van der Waals surface area contributed by atoms with Crippen molar-refractivity contribution in [3.05, 3.63) is 16.7 Å². The van der Waals surface area contributed by atoms with E-state index in [1.807, 2.05) is 0 Å². The van der Waals surface area contributed by atoms with Crippen LogP contribution < -0.4 is 16.2 Å². The monoisotopic (exact) mass is 346 g/mol. The molecule has 1 aliphatic rings. The van der Waals surface area contributed by atoms with Crippen molar-refractivity contribution in [3.8, 4) is 0 Å². The van der Waals surface area contributed by atoms with Crippen LogP contribution in [-0.4, -0.2) is 57.3 Å². The number of fused-ring (bicyclic) bond motifs is 1. The summed E-state index contributed by atoms with van der Waals surface area (Å²) < 4.78 is 22.8. The lowest BCUT2D eigenvalue weighted by Gasteiger charge is -2.14. The summed E-state index contributed by atoms with van der Waals surface area (Å²) in [6.07, 6.45) is 1.30. The Bertz CT molecular complexity index is 890. The Kier molecular flexibility index (Phi) is 3.53. The third-order valence-corrected chi connectivity index (χ3v) is 5.50. The second kappa shape index (κ2) is 5.25. The number of alkyl halides is 1. The van der Waals surface area contributed by atoms with E-state index in [2.05, 4.69) is 30.6 Å². The fraction of sp³-hybridized carbons (Fsp3) is 0.400. The molecule has 0 unspecified atom stereocenters. The van der Waals surface area contributed by atoms with E-state index < -0.39 is 32.8 Å². The second-order valence-corrected chi connectivity index (χ2v) is 7.53. The molecule has 4 N–H and O–H groups in total. The SMILES string of the molecule is O=C(Nc1nc2nc[nH]c2c(=O)[nH]1)N[C@@H]1CS(=O)(=O)C[C@@H]1Cl. The van der Waals surface area contributed by atoms with Crippen LogP contribution in [0.4, 0.5) is 10.7 Å². The van der Waals surface area contributed by atoms with Gasteiger partial charge in [0.2, 0.25) is 5.95 Å². The Morgan fingerprint density at radius 3 is 2.86 bits per heavy atom. The number of amides is 2. The van der Waals surface area contributed by atoms with Gasteiger partial charge in [0.1, 0.15) is 0 Å². The van der Waals surface area contributed by atoms with Crippen LogP contribution in [0.3, 0.4) is 0 Å². The molecule has 1 aliphatic heterocycles. The smallest absolute Gasteiger partial charge is 0.321 e. The molecule has 118 valence electrons. The molecule has 12 heteroatoms. The third kappa shape index (κ3) is 2.90. The first-order valence-corrected chi connectivity index (χ1v) is 8.45. The van der Waals surface area contributed by atoms with Crippen molar-refractivity contribution in [2.75, 3.05) is 16.8 Å². The normalized spacial score (nSPS) is 23.5. The minimum Gasteiger partial charge on any atom is -0.339 e. The highest BCUT2D eigenvalue weighted by atomic mass is 35.5. The zero-order valence-electron chi connectivity index (χ0n) is 11.0. The van der Waals surface area contributed by atoms with Crippen LogP contribution in [0.15, 0.2) is 11.1 Å². The van der Waals surface area contributed by atoms with Gasteiger partial charge >= 0.3 is 6.03 Å². The van der Waals surface area contributed by atoms with Crippen molar-refractivity contribution in [2.24, 2.45) is 0 Å². The van der Waals surface area contributed by atoms with E-state index >= 15 is 0 Å². The molecule has 0 saturated carbocycles. The van der Waals surface area contributed by atoms with E-state index in [1.54, 1.807) is 0 Å². The molecule has 2 aromatic heterocycles. The number of hydrogen-bond acceptors (Lipinski definition) is 6. The highest BCUT2D eigenvalue weighted by Crippen LogP contribution is 2.18. The lowest BCUT2D eigenvalue weighted by atomic mass is 10.2. The number of carbonyl (C=O) groups is 1. The molecule has 0 aliphatic carbocycles. The Hall–Kier alpha value is -2.14. The number of imidazole rings is 1. The zero-order valence-corrected chi connectivity index (χ0v) is 12.5. The quantitative estimate of drug-likeness (QED) is 0.521. The average Bonchev–Trinajstić information content (AvgIpc) is 2.94. The first-order chi connectivity index (χ1) is 10.3. The van der Waals surface area contributed by atoms with Crippen LogP contribution in [0.5, 0.6) is 0 Å². The lowest BCUT2D eigenvalue weighted by Crippen LogP contribution is -2.43. The summed E-state index contributed by atoms with van der Waals surface area (Å²) >= 11 is 5.89. The summed E-state index contributed by atoms with van der Waals surface area (Å²) in [6.45, 7) is 0. The minimum atomic E-state index is -3.25. The fourth-order valence-corrected chi connectivity index (χ4v) is 4.70. The molecule has 0 bridgehead atoms. The number of H-pyrrole nitrogens is 2. The van der Waals surface area contributed by atoms with Crippen LogP contribution in [0, 0.1) is 0 Å². The summed E-state index contributed by atoms with van der Waals surface area (Å²) in [4.78, 5) is 36.3. The highest BCUT2D eigenvalue weighted by Gasteiger charge is 2.37. The maximum absolute atomic E-state index is 11.8. The molecule has 3 heterocycles. The summed E-state index contributed by atoms with van der Waals surface area (Å²) in [5, 5.41) is 4.06. The van der Waals surface area contributed by atoms with E-state index in [0.29, 0.717) is 0 Å². The van der Waals surface area contributed by atoms with Crippen LogP contribution >= 0.6 is 11.6 Å². The van der Waals surface area contributed by atoms with Gasteiger partial charge in [0.05, 0.1) is 29.3 Å². The number of nitrogens with zero attached hydrogens (tertiary/aromatic N) is 2. The molecule has 1 fully saturated rings. The zero-order chi connectivity index (χ0) is 15.9. The minimum absolute atomic E-state index is 0.103. The van der Waals surface area contributed by atoms with Gasteiger partial charge in [0.25, 0.3) is 5.56 Å². The van der Waals surface area contributed by atoms with Crippen molar-refractivity contribution in [1.29, 1.82) is 0 Å². The van der Waals surface area contributed by atoms with E-state index in [4.69, 9.17) is 11.6 Å². The van der Waals surface area contributed by atoms with Crippen molar-refractivity contribution in [1.82, 2.24) is 25.3 Å². The molecule has 2 amide bonds. The standard InChI is InChI=1S/C10H11ClN6O4S/c11-4-1-22(20,21)2-5(4)14-10(19)17-9-15-7-6(8(18)16-9)12-3-13-7/h3-5H,1-2H2,(H4,12,13,14,15,16,17,18,19)/t4-,5+/m0/s1. The lowest BCUT2D eigenvalue weighted by molar-refractivity contribution is 0.249. The van der Waals surface area contributed by atoms with Crippen LogP contribution in [0.25, 0.3) is 11.2 Å². The van der Waals surface area contributed by atoms with Crippen molar-refractivity contribution in [3.63, 3.8) is 0 Å². The highest BCUT2D eigenvalue weighted by molar-refractivity contribution is 7.91. The van der Waals surface area contributed by atoms with Gasteiger partial charge in [-0.05, 0) is 0 Å². The maximum atomic E-state index is 11.8. The number of aromatic nitrogens is 4. The Morgan fingerprint density at radius 1 is 1.41 bits per heavy atom. The molecule has 3 rings (SSSR count). The van der Waals surface area contributed by atoms with Gasteiger partial charge in [0, 0.05) is 0 Å². The van der Waals surface area contributed by atoms with Crippen molar-refractivity contribution < 1.29 is 13.2 Å². The summed E-state index contributed by atoms with van der Waals surface area (Å²) in [5.74, 6) is -0.515. The molecule has 1 saturated heterocycles. The van der Waals surface area contributed by atoms with E-state index in [9.17, 15) is 18.0 Å². The molecule has 0 radical (unpaired) electrons. The van der Waals surface area contributed by atoms with Crippen LogP contribution in [0.1, 0.15) is 0 Å². The number of anilines is 1. The Morgan fingerprint density at radius 2 is 2.18 bits per heavy atom. The van der Waals surface area contributed by atoms with Gasteiger partial charge < -0.3 is 10.3 Å².